The highest BCUT2D eigenvalue weighted by molar-refractivity contribution is 7.10. The molecule has 3 nitrogen and oxygen atoms in total. The largest absolute Gasteiger partial charge is 0.336 e. The number of rotatable bonds is 1. The lowest BCUT2D eigenvalue weighted by Gasteiger charge is -2.23. The quantitative estimate of drug-likeness (QED) is 0.791. The molecule has 0 aliphatic carbocycles. The van der Waals surface area contributed by atoms with Crippen LogP contribution in [0.25, 0.3) is 0 Å². The zero-order valence-electron chi connectivity index (χ0n) is 8.60. The van der Waals surface area contributed by atoms with Crippen LogP contribution in [0, 0.1) is 0 Å². The molecule has 0 fully saturated rings. The fourth-order valence-corrected chi connectivity index (χ4v) is 3.14. The average Bonchev–Trinajstić information content (AvgIpc) is 2.85. The summed E-state index contributed by atoms with van der Waals surface area (Å²) in [5.74, 6) is 1.11. The topological polar surface area (TPSA) is 29.9 Å². The smallest absolute Gasteiger partial charge is 0.131 e. The fourth-order valence-electron chi connectivity index (χ4n) is 2.11. The van der Waals surface area contributed by atoms with Crippen LogP contribution in [0.5, 0.6) is 0 Å². The van der Waals surface area contributed by atoms with E-state index < -0.39 is 0 Å². The van der Waals surface area contributed by atoms with Crippen LogP contribution in [0.2, 0.25) is 0 Å². The number of nitrogens with one attached hydrogen (secondary N) is 1. The van der Waals surface area contributed by atoms with Crippen LogP contribution in [0.15, 0.2) is 23.8 Å². The summed E-state index contributed by atoms with van der Waals surface area (Å²) in [7, 11) is 2.05. The molecule has 15 heavy (non-hydrogen) atoms. The Morgan fingerprint density at radius 3 is 3.33 bits per heavy atom. The fraction of sp³-hybridized carbons (Fsp3) is 0.364. The van der Waals surface area contributed by atoms with E-state index in [0.29, 0.717) is 0 Å². The van der Waals surface area contributed by atoms with E-state index >= 15 is 0 Å². The number of hydrogen-bond donors (Lipinski definition) is 1. The zero-order valence-corrected chi connectivity index (χ0v) is 9.42. The maximum atomic E-state index is 4.43. The lowest BCUT2D eigenvalue weighted by Crippen LogP contribution is -2.31. The SMILES string of the molecule is Cn1ccnc1C1NCCc2ccsc21. The molecule has 0 aromatic carbocycles. The van der Waals surface area contributed by atoms with Gasteiger partial charge >= 0.3 is 0 Å². The standard InChI is InChI=1S/C11H13N3S/c1-14-6-5-13-11(14)9-10-8(2-4-12-9)3-7-15-10/h3,5-7,9,12H,2,4H2,1H3. The number of hydrogen-bond acceptors (Lipinski definition) is 3. The Kier molecular flexibility index (Phi) is 2.11. The highest BCUT2D eigenvalue weighted by Gasteiger charge is 2.24. The number of imidazole rings is 1. The molecule has 1 aliphatic heterocycles. The molecule has 3 rings (SSSR count). The molecule has 0 amide bonds. The number of nitrogens with zero attached hydrogens (tertiary/aromatic N) is 2. The van der Waals surface area contributed by atoms with Crippen molar-refractivity contribution in [2.75, 3.05) is 6.54 Å². The second-order valence-corrected chi connectivity index (χ2v) is 4.79. The van der Waals surface area contributed by atoms with Crippen molar-refractivity contribution >= 4 is 11.3 Å². The molecule has 1 aliphatic rings. The number of aryl methyl sites for hydroxylation is 1. The van der Waals surface area contributed by atoms with Crippen molar-refractivity contribution in [3.8, 4) is 0 Å². The molecule has 1 atom stereocenters. The van der Waals surface area contributed by atoms with Crippen LogP contribution in [0.3, 0.4) is 0 Å². The first kappa shape index (κ1) is 9.12. The molecule has 0 bridgehead atoms. The molecule has 0 saturated carbocycles. The zero-order chi connectivity index (χ0) is 10.3. The van der Waals surface area contributed by atoms with Crippen LogP contribution >= 0.6 is 11.3 Å². The van der Waals surface area contributed by atoms with Crippen LogP contribution in [-0.4, -0.2) is 16.1 Å². The van der Waals surface area contributed by atoms with Crippen molar-refractivity contribution in [2.24, 2.45) is 7.05 Å². The summed E-state index contributed by atoms with van der Waals surface area (Å²) in [6, 6.07) is 2.52. The van der Waals surface area contributed by atoms with Gasteiger partial charge in [-0.2, -0.15) is 0 Å². The van der Waals surface area contributed by atoms with Gasteiger partial charge in [0.25, 0.3) is 0 Å². The summed E-state index contributed by atoms with van der Waals surface area (Å²) < 4.78 is 2.09. The average molecular weight is 219 g/mol. The van der Waals surface area contributed by atoms with Crippen molar-refractivity contribution in [2.45, 2.75) is 12.5 Å². The van der Waals surface area contributed by atoms with Crippen LogP contribution in [0.4, 0.5) is 0 Å². The number of fused-ring (bicyclic) bond motifs is 1. The van der Waals surface area contributed by atoms with Crippen molar-refractivity contribution in [1.29, 1.82) is 0 Å². The molecule has 0 saturated heterocycles. The normalized spacial score (nSPS) is 20.2. The molecule has 0 radical (unpaired) electrons. The van der Waals surface area contributed by atoms with Crippen molar-refractivity contribution < 1.29 is 0 Å². The van der Waals surface area contributed by atoms with Crippen LogP contribution in [0.1, 0.15) is 22.3 Å². The van der Waals surface area contributed by atoms with E-state index in [1.807, 2.05) is 30.8 Å². The Morgan fingerprint density at radius 2 is 2.53 bits per heavy atom. The first-order chi connectivity index (χ1) is 7.36. The Hall–Kier alpha value is -1.13. The molecule has 0 spiro atoms. The number of thiophene rings is 1. The third-order valence-electron chi connectivity index (χ3n) is 2.90. The van der Waals surface area contributed by atoms with E-state index in [0.717, 1.165) is 18.8 Å². The van der Waals surface area contributed by atoms with E-state index in [-0.39, 0.29) is 6.04 Å². The van der Waals surface area contributed by atoms with E-state index in [2.05, 4.69) is 26.3 Å². The molecule has 2 aromatic heterocycles. The highest BCUT2D eigenvalue weighted by atomic mass is 32.1. The van der Waals surface area contributed by atoms with Gasteiger partial charge in [0.1, 0.15) is 11.9 Å². The van der Waals surface area contributed by atoms with Gasteiger partial charge in [-0.1, -0.05) is 0 Å². The minimum atomic E-state index is 0.286. The summed E-state index contributed by atoms with van der Waals surface area (Å²) in [5, 5.41) is 5.71. The summed E-state index contributed by atoms with van der Waals surface area (Å²) in [4.78, 5) is 5.85. The van der Waals surface area contributed by atoms with Gasteiger partial charge in [-0.3, -0.25) is 0 Å². The highest BCUT2D eigenvalue weighted by Crippen LogP contribution is 2.31. The summed E-state index contributed by atoms with van der Waals surface area (Å²) in [6.07, 6.45) is 5.00. The van der Waals surface area contributed by atoms with Gasteiger partial charge in [0.2, 0.25) is 0 Å². The van der Waals surface area contributed by atoms with Crippen molar-refractivity contribution in [1.82, 2.24) is 14.9 Å². The van der Waals surface area contributed by atoms with Crippen LogP contribution in [-0.2, 0) is 13.5 Å². The maximum Gasteiger partial charge on any atom is 0.131 e. The van der Waals surface area contributed by atoms with E-state index in [4.69, 9.17) is 0 Å². The summed E-state index contributed by atoms with van der Waals surface area (Å²) in [6.45, 7) is 1.04. The van der Waals surface area contributed by atoms with Gasteiger partial charge in [0.15, 0.2) is 0 Å². The minimum Gasteiger partial charge on any atom is -0.336 e. The summed E-state index contributed by atoms with van der Waals surface area (Å²) in [5.41, 5.74) is 1.48. The number of aromatic nitrogens is 2. The van der Waals surface area contributed by atoms with E-state index in [9.17, 15) is 0 Å². The third kappa shape index (κ3) is 1.41. The molecule has 1 N–H and O–H groups in total. The van der Waals surface area contributed by atoms with Gasteiger partial charge < -0.3 is 9.88 Å². The van der Waals surface area contributed by atoms with E-state index in [1.54, 1.807) is 0 Å². The first-order valence-corrected chi connectivity index (χ1v) is 6.01. The maximum absolute atomic E-state index is 4.43. The Morgan fingerprint density at radius 1 is 1.60 bits per heavy atom. The molecule has 4 heteroatoms. The van der Waals surface area contributed by atoms with Gasteiger partial charge in [-0.05, 0) is 23.4 Å². The molecular weight excluding hydrogens is 206 g/mol. The van der Waals surface area contributed by atoms with Crippen molar-refractivity contribution in [3.05, 3.63) is 40.1 Å². The molecule has 78 valence electrons. The molecular formula is C11H13N3S. The second-order valence-electron chi connectivity index (χ2n) is 3.84. The monoisotopic (exact) mass is 219 g/mol. The van der Waals surface area contributed by atoms with Crippen molar-refractivity contribution in [3.63, 3.8) is 0 Å². The third-order valence-corrected chi connectivity index (χ3v) is 3.93. The lowest BCUT2D eigenvalue weighted by atomic mass is 10.0. The lowest BCUT2D eigenvalue weighted by molar-refractivity contribution is 0.539. The van der Waals surface area contributed by atoms with E-state index in [1.165, 1.54) is 10.4 Å². The molecule has 3 heterocycles. The first-order valence-electron chi connectivity index (χ1n) is 5.13. The second kappa shape index (κ2) is 3.47. The summed E-state index contributed by atoms with van der Waals surface area (Å²) >= 11 is 1.82. The Balaban J connectivity index is 2.07. The minimum absolute atomic E-state index is 0.286. The van der Waals surface area contributed by atoms with Crippen LogP contribution < -0.4 is 5.32 Å². The molecule has 2 aromatic rings. The Labute approximate surface area is 92.8 Å². The molecule has 1 unspecified atom stereocenters. The predicted molar refractivity (Wildman–Crippen MR) is 61.1 cm³/mol. The van der Waals surface area contributed by atoms with Gasteiger partial charge in [0, 0.05) is 30.9 Å². The van der Waals surface area contributed by atoms with Gasteiger partial charge in [-0.25, -0.2) is 4.98 Å². The van der Waals surface area contributed by atoms with Gasteiger partial charge in [0.05, 0.1) is 0 Å². The van der Waals surface area contributed by atoms with Gasteiger partial charge in [-0.15, -0.1) is 11.3 Å². The predicted octanol–water partition coefficient (Wildman–Crippen LogP) is 1.72. The Bertz CT molecular complexity index is 472.